The number of ether oxygens (including phenoxy) is 1. The fourth-order valence-electron chi connectivity index (χ4n) is 2.32. The Morgan fingerprint density at radius 1 is 1.04 bits per heavy atom. The number of methoxy groups -OCH3 is 1. The lowest BCUT2D eigenvalue weighted by molar-refractivity contribution is 0.0604. The normalized spacial score (nSPS) is 10.5. The van der Waals surface area contributed by atoms with Gasteiger partial charge in [0.05, 0.1) is 7.11 Å². The van der Waals surface area contributed by atoms with E-state index in [0.29, 0.717) is 16.1 Å². The molecular formula is C18H15NO3S. The number of carbonyl (C=O) groups excluding carboxylic acids is 2. The van der Waals surface area contributed by atoms with Crippen molar-refractivity contribution in [1.29, 1.82) is 0 Å². The molecule has 116 valence electrons. The van der Waals surface area contributed by atoms with Crippen molar-refractivity contribution < 1.29 is 14.3 Å². The summed E-state index contributed by atoms with van der Waals surface area (Å²) in [6, 6.07) is 14.8. The Hall–Kier alpha value is -2.66. The van der Waals surface area contributed by atoms with E-state index >= 15 is 0 Å². The molecular weight excluding hydrogens is 310 g/mol. The lowest BCUT2D eigenvalue weighted by Gasteiger charge is -2.06. The first kappa shape index (κ1) is 15.2. The molecule has 0 spiro atoms. The Morgan fingerprint density at radius 3 is 2.43 bits per heavy atom. The molecule has 4 nitrogen and oxygen atoms in total. The average Bonchev–Trinajstić information content (AvgIpc) is 2.92. The topological polar surface area (TPSA) is 55.4 Å². The van der Waals surface area contributed by atoms with Crippen LogP contribution in [0.25, 0.3) is 10.1 Å². The molecule has 1 heterocycles. The number of hydrogen-bond acceptors (Lipinski definition) is 4. The van der Waals surface area contributed by atoms with Crippen LogP contribution in [0.1, 0.15) is 26.3 Å². The van der Waals surface area contributed by atoms with Crippen molar-refractivity contribution in [3.05, 3.63) is 65.2 Å². The molecule has 0 aliphatic heterocycles. The minimum atomic E-state index is -0.457. The summed E-state index contributed by atoms with van der Waals surface area (Å²) < 4.78 is 5.79. The van der Waals surface area contributed by atoms with Gasteiger partial charge in [-0.15, -0.1) is 11.3 Å². The van der Waals surface area contributed by atoms with E-state index < -0.39 is 5.97 Å². The van der Waals surface area contributed by atoms with Crippen LogP contribution < -0.4 is 5.32 Å². The summed E-state index contributed by atoms with van der Waals surface area (Å²) in [4.78, 5) is 24.5. The van der Waals surface area contributed by atoms with Crippen LogP contribution in [0, 0.1) is 6.92 Å². The van der Waals surface area contributed by atoms with E-state index in [1.54, 1.807) is 12.1 Å². The molecule has 3 aromatic rings. The number of rotatable bonds is 3. The highest BCUT2D eigenvalue weighted by Crippen LogP contribution is 2.36. The molecule has 23 heavy (non-hydrogen) atoms. The van der Waals surface area contributed by atoms with Crippen LogP contribution in [0.15, 0.2) is 48.5 Å². The van der Waals surface area contributed by atoms with Gasteiger partial charge in [-0.1, -0.05) is 35.9 Å². The second-order valence-corrected chi connectivity index (χ2v) is 6.17. The SMILES string of the molecule is COC(=O)c1c(NC(=O)c2ccc(C)cc2)sc2ccccc12. The lowest BCUT2D eigenvalue weighted by Crippen LogP contribution is -2.13. The summed E-state index contributed by atoms with van der Waals surface area (Å²) >= 11 is 1.36. The first-order valence-corrected chi connectivity index (χ1v) is 7.89. The predicted molar refractivity (Wildman–Crippen MR) is 92.3 cm³/mol. The highest BCUT2D eigenvalue weighted by molar-refractivity contribution is 7.23. The van der Waals surface area contributed by atoms with Crippen LogP contribution in [0.2, 0.25) is 0 Å². The molecule has 0 fully saturated rings. The number of carbonyl (C=O) groups is 2. The second kappa shape index (κ2) is 6.22. The van der Waals surface area contributed by atoms with Gasteiger partial charge < -0.3 is 10.1 Å². The maximum atomic E-state index is 12.4. The van der Waals surface area contributed by atoms with Crippen molar-refractivity contribution in [2.75, 3.05) is 12.4 Å². The van der Waals surface area contributed by atoms with Crippen molar-refractivity contribution in [3.8, 4) is 0 Å². The molecule has 1 N–H and O–H groups in total. The Morgan fingerprint density at radius 2 is 1.74 bits per heavy atom. The third kappa shape index (κ3) is 2.96. The summed E-state index contributed by atoms with van der Waals surface area (Å²) in [7, 11) is 1.33. The molecule has 0 aliphatic rings. The molecule has 2 aromatic carbocycles. The third-order valence-electron chi connectivity index (χ3n) is 3.53. The number of esters is 1. The van der Waals surface area contributed by atoms with Gasteiger partial charge >= 0.3 is 5.97 Å². The van der Waals surface area contributed by atoms with Crippen molar-refractivity contribution in [2.24, 2.45) is 0 Å². The number of amides is 1. The van der Waals surface area contributed by atoms with Gasteiger partial charge in [0.2, 0.25) is 0 Å². The Bertz CT molecular complexity index is 881. The van der Waals surface area contributed by atoms with E-state index in [9.17, 15) is 9.59 Å². The van der Waals surface area contributed by atoms with Gasteiger partial charge in [0.25, 0.3) is 5.91 Å². The summed E-state index contributed by atoms with van der Waals surface area (Å²) in [6.07, 6.45) is 0. The first-order valence-electron chi connectivity index (χ1n) is 7.08. The van der Waals surface area contributed by atoms with E-state index in [-0.39, 0.29) is 5.91 Å². The zero-order valence-electron chi connectivity index (χ0n) is 12.8. The van der Waals surface area contributed by atoms with Crippen molar-refractivity contribution in [3.63, 3.8) is 0 Å². The van der Waals surface area contributed by atoms with Crippen LogP contribution in [0.4, 0.5) is 5.00 Å². The maximum Gasteiger partial charge on any atom is 0.341 e. The predicted octanol–water partition coefficient (Wildman–Crippen LogP) is 4.25. The largest absolute Gasteiger partial charge is 0.465 e. The standard InChI is InChI=1S/C18H15NO3S/c1-11-7-9-12(10-8-11)16(20)19-17-15(18(21)22-2)13-5-3-4-6-14(13)23-17/h3-10H,1-2H3,(H,19,20). The van der Waals surface area contributed by atoms with Crippen LogP contribution >= 0.6 is 11.3 Å². The zero-order chi connectivity index (χ0) is 16.4. The number of aryl methyl sites for hydroxylation is 1. The highest BCUT2D eigenvalue weighted by Gasteiger charge is 2.21. The van der Waals surface area contributed by atoms with E-state index in [1.165, 1.54) is 18.4 Å². The number of anilines is 1. The molecule has 0 atom stereocenters. The molecule has 1 aromatic heterocycles. The molecule has 0 radical (unpaired) electrons. The minimum Gasteiger partial charge on any atom is -0.465 e. The zero-order valence-corrected chi connectivity index (χ0v) is 13.6. The molecule has 5 heteroatoms. The maximum absolute atomic E-state index is 12.4. The molecule has 1 amide bonds. The van der Waals surface area contributed by atoms with Crippen LogP contribution in [-0.2, 0) is 4.74 Å². The van der Waals surface area contributed by atoms with Crippen molar-refractivity contribution in [2.45, 2.75) is 6.92 Å². The monoisotopic (exact) mass is 325 g/mol. The third-order valence-corrected chi connectivity index (χ3v) is 4.61. The number of fused-ring (bicyclic) bond motifs is 1. The molecule has 0 aliphatic carbocycles. The lowest BCUT2D eigenvalue weighted by atomic mass is 10.1. The Kier molecular flexibility index (Phi) is 4.12. The quantitative estimate of drug-likeness (QED) is 0.733. The van der Waals surface area contributed by atoms with Crippen molar-refractivity contribution >= 4 is 38.3 Å². The van der Waals surface area contributed by atoms with Gasteiger partial charge in [-0.3, -0.25) is 4.79 Å². The molecule has 0 bridgehead atoms. The summed E-state index contributed by atoms with van der Waals surface area (Å²) in [5.41, 5.74) is 2.02. The summed E-state index contributed by atoms with van der Waals surface area (Å²) in [6.45, 7) is 1.96. The van der Waals surface area contributed by atoms with E-state index in [0.717, 1.165) is 15.6 Å². The smallest absolute Gasteiger partial charge is 0.341 e. The van der Waals surface area contributed by atoms with Gasteiger partial charge in [-0.05, 0) is 25.1 Å². The molecule has 0 saturated carbocycles. The summed E-state index contributed by atoms with van der Waals surface area (Å²) in [5, 5.41) is 4.11. The van der Waals surface area contributed by atoms with Crippen LogP contribution in [0.3, 0.4) is 0 Å². The van der Waals surface area contributed by atoms with E-state index in [2.05, 4.69) is 5.32 Å². The van der Waals surface area contributed by atoms with E-state index in [1.807, 2.05) is 43.3 Å². The number of hydrogen-bond donors (Lipinski definition) is 1. The van der Waals surface area contributed by atoms with Gasteiger partial charge in [0.1, 0.15) is 10.6 Å². The number of thiophene rings is 1. The fourth-order valence-corrected chi connectivity index (χ4v) is 3.40. The van der Waals surface area contributed by atoms with Gasteiger partial charge in [-0.25, -0.2) is 4.79 Å². The fraction of sp³-hybridized carbons (Fsp3) is 0.111. The number of benzene rings is 2. The van der Waals surface area contributed by atoms with Gasteiger partial charge in [0.15, 0.2) is 0 Å². The first-order chi connectivity index (χ1) is 11.1. The van der Waals surface area contributed by atoms with E-state index in [4.69, 9.17) is 4.74 Å². The second-order valence-electron chi connectivity index (χ2n) is 5.11. The minimum absolute atomic E-state index is 0.248. The average molecular weight is 325 g/mol. The Balaban J connectivity index is 2.00. The van der Waals surface area contributed by atoms with Gasteiger partial charge in [0, 0.05) is 15.6 Å². The van der Waals surface area contributed by atoms with Crippen molar-refractivity contribution in [1.82, 2.24) is 0 Å². The molecule has 0 unspecified atom stereocenters. The van der Waals surface area contributed by atoms with Crippen LogP contribution in [-0.4, -0.2) is 19.0 Å². The number of nitrogens with one attached hydrogen (secondary N) is 1. The van der Waals surface area contributed by atoms with Gasteiger partial charge in [-0.2, -0.15) is 0 Å². The van der Waals surface area contributed by atoms with Crippen LogP contribution in [0.5, 0.6) is 0 Å². The summed E-state index contributed by atoms with van der Waals surface area (Å²) in [5.74, 6) is -0.705. The highest BCUT2D eigenvalue weighted by atomic mass is 32.1. The molecule has 3 rings (SSSR count). The Labute approximate surface area is 137 Å². The molecule has 0 saturated heterocycles.